The molecule has 0 atom stereocenters. The lowest BCUT2D eigenvalue weighted by atomic mass is 10.1. The normalized spacial score (nSPS) is 11.2. The summed E-state index contributed by atoms with van der Waals surface area (Å²) in [5.41, 5.74) is 4.50. The molecule has 0 aliphatic carbocycles. The minimum atomic E-state index is 0.0684. The maximum atomic E-state index is 10.9. The zero-order valence-corrected chi connectivity index (χ0v) is 17.4. The van der Waals surface area contributed by atoms with E-state index in [9.17, 15) is 5.11 Å². The molecule has 0 radical (unpaired) electrons. The van der Waals surface area contributed by atoms with Gasteiger partial charge >= 0.3 is 0 Å². The summed E-state index contributed by atoms with van der Waals surface area (Å²) in [6, 6.07) is 25.7. The van der Waals surface area contributed by atoms with E-state index in [1.165, 1.54) is 5.56 Å². The van der Waals surface area contributed by atoms with Crippen molar-refractivity contribution in [2.45, 2.75) is 19.9 Å². The summed E-state index contributed by atoms with van der Waals surface area (Å²) in [7, 11) is 0. The van der Waals surface area contributed by atoms with E-state index >= 15 is 0 Å². The summed E-state index contributed by atoms with van der Waals surface area (Å²) in [6.45, 7) is 2.65. The number of aromatic hydroxyl groups is 1. The minimum absolute atomic E-state index is 0.0684. The predicted molar refractivity (Wildman–Crippen MR) is 126 cm³/mol. The SMILES string of the molecule is CCc1ccc(NC(=S)N=Nc2c(O)n(Cc3ccccc3)c3ccccc23)cc1. The zero-order valence-electron chi connectivity index (χ0n) is 16.6. The fourth-order valence-electron chi connectivity index (χ4n) is 3.36. The Morgan fingerprint density at radius 3 is 2.37 bits per heavy atom. The number of hydrogen-bond acceptors (Lipinski definition) is 3. The quantitative estimate of drug-likeness (QED) is 0.292. The van der Waals surface area contributed by atoms with Crippen LogP contribution in [0.3, 0.4) is 0 Å². The molecule has 0 aliphatic heterocycles. The van der Waals surface area contributed by atoms with Crippen LogP contribution in [0.25, 0.3) is 10.9 Å². The van der Waals surface area contributed by atoms with Crippen molar-refractivity contribution in [1.29, 1.82) is 0 Å². The second kappa shape index (κ2) is 8.88. The molecule has 0 aliphatic rings. The largest absolute Gasteiger partial charge is 0.493 e. The van der Waals surface area contributed by atoms with Crippen LogP contribution in [0.15, 0.2) is 89.1 Å². The molecule has 0 saturated carbocycles. The molecule has 4 aromatic rings. The van der Waals surface area contributed by atoms with Crippen molar-refractivity contribution in [3.63, 3.8) is 0 Å². The molecule has 0 bridgehead atoms. The summed E-state index contributed by atoms with van der Waals surface area (Å²) in [4.78, 5) is 0. The fraction of sp³-hybridized carbons (Fsp3) is 0.125. The van der Waals surface area contributed by atoms with Gasteiger partial charge in [-0.05, 0) is 48.0 Å². The topological polar surface area (TPSA) is 61.9 Å². The number of nitrogens with one attached hydrogen (secondary N) is 1. The molecule has 0 saturated heterocycles. The standard InChI is InChI=1S/C24H22N4OS/c1-2-17-12-14-19(15-13-17)25-24(30)27-26-22-20-10-6-7-11-21(20)28(23(22)29)16-18-8-4-3-5-9-18/h3-15,29H,2,16H2,1H3,(H,25,30). The van der Waals surface area contributed by atoms with Crippen LogP contribution in [0.1, 0.15) is 18.1 Å². The van der Waals surface area contributed by atoms with E-state index in [2.05, 4.69) is 22.5 Å². The average Bonchev–Trinajstić information content (AvgIpc) is 3.04. The first kappa shape index (κ1) is 19.8. The number of thiocarbonyl (C=S) groups is 1. The van der Waals surface area contributed by atoms with Gasteiger partial charge in [-0.25, -0.2) is 0 Å². The summed E-state index contributed by atoms with van der Waals surface area (Å²) in [6.07, 6.45) is 0.983. The molecule has 2 N–H and O–H groups in total. The van der Waals surface area contributed by atoms with E-state index in [1.54, 1.807) is 0 Å². The van der Waals surface area contributed by atoms with Crippen LogP contribution in [-0.2, 0) is 13.0 Å². The smallest absolute Gasteiger partial charge is 0.221 e. The van der Waals surface area contributed by atoms with Gasteiger partial charge in [0.2, 0.25) is 11.0 Å². The summed E-state index contributed by atoms with van der Waals surface area (Å²) in [5.74, 6) is 0.0684. The van der Waals surface area contributed by atoms with Crippen molar-refractivity contribution in [3.05, 3.63) is 90.0 Å². The third kappa shape index (κ3) is 4.23. The highest BCUT2D eigenvalue weighted by Crippen LogP contribution is 2.39. The van der Waals surface area contributed by atoms with Crippen molar-refractivity contribution in [3.8, 4) is 5.88 Å². The summed E-state index contributed by atoms with van der Waals surface area (Å²) >= 11 is 5.31. The highest BCUT2D eigenvalue weighted by molar-refractivity contribution is 7.80. The minimum Gasteiger partial charge on any atom is -0.493 e. The molecule has 0 spiro atoms. The van der Waals surface area contributed by atoms with Crippen LogP contribution >= 0.6 is 12.2 Å². The van der Waals surface area contributed by atoms with Crippen LogP contribution in [0.2, 0.25) is 0 Å². The highest BCUT2D eigenvalue weighted by atomic mass is 32.1. The first-order valence-electron chi connectivity index (χ1n) is 9.81. The number of hydrogen-bond donors (Lipinski definition) is 2. The predicted octanol–water partition coefficient (Wildman–Crippen LogP) is 6.44. The molecular formula is C24H22N4OS. The number of benzene rings is 3. The Morgan fingerprint density at radius 1 is 0.933 bits per heavy atom. The number of nitrogens with zero attached hydrogens (tertiary/aromatic N) is 3. The maximum Gasteiger partial charge on any atom is 0.221 e. The molecule has 0 fully saturated rings. The van der Waals surface area contributed by atoms with E-state index < -0.39 is 0 Å². The lowest BCUT2D eigenvalue weighted by molar-refractivity contribution is 0.429. The molecule has 6 heteroatoms. The van der Waals surface area contributed by atoms with Gasteiger partial charge in [0.15, 0.2) is 5.69 Å². The number of para-hydroxylation sites is 1. The molecule has 150 valence electrons. The van der Waals surface area contributed by atoms with Crippen LogP contribution < -0.4 is 5.32 Å². The van der Waals surface area contributed by atoms with E-state index in [1.807, 2.05) is 83.4 Å². The zero-order chi connectivity index (χ0) is 20.9. The third-order valence-electron chi connectivity index (χ3n) is 4.96. The molecular weight excluding hydrogens is 392 g/mol. The van der Waals surface area contributed by atoms with E-state index in [0.717, 1.165) is 28.6 Å². The molecule has 4 rings (SSSR count). The number of azo groups is 1. The van der Waals surface area contributed by atoms with Crippen molar-refractivity contribution in [2.75, 3.05) is 5.32 Å². The maximum absolute atomic E-state index is 10.9. The Kier molecular flexibility index (Phi) is 5.86. The van der Waals surface area contributed by atoms with Gasteiger partial charge < -0.3 is 15.0 Å². The van der Waals surface area contributed by atoms with Crippen LogP contribution in [0, 0.1) is 0 Å². The van der Waals surface area contributed by atoms with Gasteiger partial charge in [0, 0.05) is 11.1 Å². The summed E-state index contributed by atoms with van der Waals surface area (Å²) < 4.78 is 1.83. The van der Waals surface area contributed by atoms with Gasteiger partial charge in [-0.3, -0.25) is 0 Å². The van der Waals surface area contributed by atoms with Gasteiger partial charge in [-0.2, -0.15) is 0 Å². The molecule has 30 heavy (non-hydrogen) atoms. The Labute approximate surface area is 180 Å². The highest BCUT2D eigenvalue weighted by Gasteiger charge is 2.16. The number of aromatic nitrogens is 1. The Morgan fingerprint density at radius 2 is 1.63 bits per heavy atom. The number of fused-ring (bicyclic) bond motifs is 1. The molecule has 0 unspecified atom stereocenters. The molecule has 3 aromatic carbocycles. The van der Waals surface area contributed by atoms with Crippen molar-refractivity contribution in [2.24, 2.45) is 10.2 Å². The van der Waals surface area contributed by atoms with Gasteiger partial charge in [0.05, 0.1) is 12.1 Å². The molecule has 5 nitrogen and oxygen atoms in total. The molecule has 0 amide bonds. The van der Waals surface area contributed by atoms with Crippen molar-refractivity contribution < 1.29 is 5.11 Å². The van der Waals surface area contributed by atoms with E-state index in [0.29, 0.717) is 12.2 Å². The number of aryl methyl sites for hydroxylation is 1. The summed E-state index contributed by atoms with van der Waals surface area (Å²) in [5, 5.41) is 23.4. The first-order chi connectivity index (χ1) is 14.7. The molecule has 1 heterocycles. The number of anilines is 1. The van der Waals surface area contributed by atoms with Gasteiger partial charge in [0.25, 0.3) is 0 Å². The fourth-order valence-corrected chi connectivity index (χ4v) is 3.52. The van der Waals surface area contributed by atoms with Gasteiger partial charge in [-0.1, -0.05) is 67.6 Å². The number of rotatable bonds is 5. The van der Waals surface area contributed by atoms with Gasteiger partial charge in [-0.15, -0.1) is 10.2 Å². The Hall–Kier alpha value is -3.51. The second-order valence-electron chi connectivity index (χ2n) is 6.94. The first-order valence-corrected chi connectivity index (χ1v) is 10.2. The van der Waals surface area contributed by atoms with Crippen LogP contribution in [0.5, 0.6) is 5.88 Å². The lowest BCUT2D eigenvalue weighted by Crippen LogP contribution is -2.04. The molecule has 1 aromatic heterocycles. The lowest BCUT2D eigenvalue weighted by Gasteiger charge is -2.07. The third-order valence-corrected chi connectivity index (χ3v) is 5.14. The van der Waals surface area contributed by atoms with Crippen LogP contribution in [0.4, 0.5) is 11.4 Å². The van der Waals surface area contributed by atoms with E-state index in [4.69, 9.17) is 12.2 Å². The Balaban J connectivity index is 1.60. The van der Waals surface area contributed by atoms with Gasteiger partial charge in [0.1, 0.15) is 0 Å². The average molecular weight is 415 g/mol. The Bertz CT molecular complexity index is 1200. The van der Waals surface area contributed by atoms with Crippen LogP contribution in [-0.4, -0.2) is 14.8 Å². The second-order valence-corrected chi connectivity index (χ2v) is 7.33. The van der Waals surface area contributed by atoms with E-state index in [-0.39, 0.29) is 11.0 Å². The van der Waals surface area contributed by atoms with Crippen molar-refractivity contribution >= 4 is 39.6 Å². The van der Waals surface area contributed by atoms with Crippen molar-refractivity contribution in [1.82, 2.24) is 4.57 Å². The monoisotopic (exact) mass is 414 g/mol.